The van der Waals surface area contributed by atoms with Crippen molar-refractivity contribution in [3.63, 3.8) is 0 Å². The van der Waals surface area contributed by atoms with E-state index >= 15 is 0 Å². The van der Waals surface area contributed by atoms with Crippen LogP contribution in [0.1, 0.15) is 11.1 Å². The zero-order valence-corrected chi connectivity index (χ0v) is 40.7. The van der Waals surface area contributed by atoms with E-state index in [0.29, 0.717) is 0 Å². The number of benzene rings is 9. The smallest absolute Gasteiger partial charge is 0.129 e. The first-order chi connectivity index (χ1) is 30.3. The number of hydrogen-bond acceptors (Lipinski definition) is 0. The molecule has 0 saturated heterocycles. The maximum atomic E-state index is 5.38. The van der Waals surface area contributed by atoms with Gasteiger partial charge in [0, 0.05) is 15.6 Å². The maximum Gasteiger partial charge on any atom is 0.129 e. The van der Waals surface area contributed by atoms with Crippen LogP contribution in [0.15, 0.2) is 205 Å². The molecular weight excluding hydrogens is 857 g/mol. The second-order valence-electron chi connectivity index (χ2n) is 17.3. The van der Waals surface area contributed by atoms with Crippen LogP contribution >= 0.6 is 15.9 Å². The normalized spacial score (nSPS) is 10.6. The first-order valence-corrected chi connectivity index (χ1v) is 29.0. The topological polar surface area (TPSA) is 0 Å². The fraction of sp³-hybridized carbons (Fsp3) is 0.100. The zero-order chi connectivity index (χ0) is 44.8. The van der Waals surface area contributed by atoms with Crippen LogP contribution in [0.3, 0.4) is 0 Å². The highest BCUT2D eigenvalue weighted by molar-refractivity contribution is 9.10. The Morgan fingerprint density at radius 3 is 1.02 bits per heavy atom. The number of terminal acetylenes is 2. The van der Waals surface area contributed by atoms with Crippen molar-refractivity contribution >= 4 is 64.4 Å². The van der Waals surface area contributed by atoms with Gasteiger partial charge >= 0.3 is 0 Å². The average Bonchev–Trinajstić information content (AvgIpc) is 3.31. The van der Waals surface area contributed by atoms with Crippen LogP contribution in [0.2, 0.25) is 39.3 Å². The molecule has 0 saturated carbocycles. The van der Waals surface area contributed by atoms with Crippen molar-refractivity contribution in [3.05, 3.63) is 216 Å². The molecule has 0 aliphatic carbocycles. The molecule has 9 aromatic carbocycles. The molecule has 9 rings (SSSR count). The zero-order valence-electron chi connectivity index (χ0n) is 37.1. The molecule has 9 aromatic rings. The Bertz CT molecular complexity index is 3070. The van der Waals surface area contributed by atoms with E-state index in [0.717, 1.165) is 15.6 Å². The van der Waals surface area contributed by atoms with E-state index < -0.39 is 16.1 Å². The highest BCUT2D eigenvalue weighted by Crippen LogP contribution is 2.31. The Kier molecular flexibility index (Phi) is 15.6. The molecule has 0 radical (unpaired) electrons. The van der Waals surface area contributed by atoms with Gasteiger partial charge in [-0.3, -0.25) is 0 Å². The number of halogens is 1. The third kappa shape index (κ3) is 13.2. The van der Waals surface area contributed by atoms with E-state index in [4.69, 9.17) is 12.8 Å². The largest absolute Gasteiger partial charge is 0.135 e. The van der Waals surface area contributed by atoms with Gasteiger partial charge < -0.3 is 0 Å². The molecule has 0 spiro atoms. The van der Waals surface area contributed by atoms with E-state index in [1.54, 1.807) is 0 Å². The van der Waals surface area contributed by atoms with Crippen molar-refractivity contribution in [2.24, 2.45) is 0 Å². The highest BCUT2D eigenvalue weighted by atomic mass is 79.9. The molecule has 3 heteroatoms. The summed E-state index contributed by atoms with van der Waals surface area (Å²) in [6.07, 6.45) is 10.5. The molecule has 63 heavy (non-hydrogen) atoms. The minimum absolute atomic E-state index is 0.916. The van der Waals surface area contributed by atoms with Gasteiger partial charge in [-0.05, 0) is 102 Å². The highest BCUT2D eigenvalue weighted by Gasteiger charge is 2.09. The van der Waals surface area contributed by atoms with Gasteiger partial charge in [-0.2, -0.15) is 0 Å². The van der Waals surface area contributed by atoms with Gasteiger partial charge in [-0.15, -0.1) is 23.9 Å². The fourth-order valence-electron chi connectivity index (χ4n) is 6.80. The van der Waals surface area contributed by atoms with E-state index in [-0.39, 0.29) is 0 Å². The van der Waals surface area contributed by atoms with E-state index in [1.165, 1.54) is 65.7 Å². The van der Waals surface area contributed by atoms with Gasteiger partial charge in [0.25, 0.3) is 0 Å². The van der Waals surface area contributed by atoms with Crippen molar-refractivity contribution in [2.75, 3.05) is 0 Å². The summed E-state index contributed by atoms with van der Waals surface area (Å²) in [5.74, 6) is 5.95. The molecule has 0 N–H and O–H groups in total. The van der Waals surface area contributed by atoms with Crippen LogP contribution < -0.4 is 0 Å². The first kappa shape index (κ1) is 45.9. The van der Waals surface area contributed by atoms with Gasteiger partial charge in [-0.1, -0.05) is 231 Å². The van der Waals surface area contributed by atoms with Crippen LogP contribution in [0.4, 0.5) is 0 Å². The second-order valence-corrected chi connectivity index (χ2v) is 27.7. The van der Waals surface area contributed by atoms with Crippen LogP contribution in [-0.2, 0) is 0 Å². The SMILES string of the molecule is Brc1ccc(-c2cccc3ccccc23)cc1.C#C[Si](C)(C)C.C#Cc1ccc(-c2cccc3ccccc23)cc1.C[Si](C)(C)C#Cc1ccc(-c2cccc3ccccc23)cc1. The van der Waals surface area contributed by atoms with Crippen molar-refractivity contribution in [3.8, 4) is 69.2 Å². The van der Waals surface area contributed by atoms with Crippen LogP contribution in [0.5, 0.6) is 0 Å². The Hall–Kier alpha value is -6.65. The molecule has 308 valence electrons. The Morgan fingerprint density at radius 1 is 0.365 bits per heavy atom. The van der Waals surface area contributed by atoms with E-state index in [1.807, 2.05) is 12.1 Å². The lowest BCUT2D eigenvalue weighted by molar-refractivity contribution is 1.61. The molecule has 0 aromatic heterocycles. The average molecular weight is 910 g/mol. The Labute approximate surface area is 386 Å². The number of fused-ring (bicyclic) bond motifs is 3. The Balaban J connectivity index is 0.000000149. The second kappa shape index (κ2) is 21.4. The van der Waals surface area contributed by atoms with Gasteiger partial charge in [0.15, 0.2) is 0 Å². The summed E-state index contributed by atoms with van der Waals surface area (Å²) in [6, 6.07) is 69.9. The first-order valence-electron chi connectivity index (χ1n) is 21.2. The lowest BCUT2D eigenvalue weighted by atomic mass is 9.98. The lowest BCUT2D eigenvalue weighted by Gasteiger charge is -2.07. The lowest BCUT2D eigenvalue weighted by Crippen LogP contribution is -2.16. The van der Waals surface area contributed by atoms with E-state index in [2.05, 4.69) is 266 Å². The van der Waals surface area contributed by atoms with Gasteiger partial charge in [-0.25, -0.2) is 0 Å². The van der Waals surface area contributed by atoms with Crippen molar-refractivity contribution in [1.82, 2.24) is 0 Å². The molecule has 0 nitrogen and oxygen atoms in total. The molecule has 0 amide bonds. The van der Waals surface area contributed by atoms with Crippen molar-refractivity contribution in [2.45, 2.75) is 39.3 Å². The standard InChI is InChI=1S/C21H20Si.C18H12.C16H11Br.C5H10Si/c1-22(2,3)16-15-17-11-13-19(14-12-17)21-10-6-8-18-7-4-5-9-20(18)21;1-2-14-10-12-16(13-11-14)18-9-5-7-15-6-3-4-8-17(15)18;17-14-10-8-13(9-11-14)16-7-3-5-12-4-1-2-6-15(12)16;1-5-6(2,3)4/h4-14H,1-3H3;1,3-13H;1-11H;1H,2-4H3. The van der Waals surface area contributed by atoms with Crippen LogP contribution in [0.25, 0.3) is 65.7 Å². The Morgan fingerprint density at radius 2 is 0.683 bits per heavy atom. The van der Waals surface area contributed by atoms with Crippen molar-refractivity contribution in [1.29, 1.82) is 0 Å². The third-order valence-electron chi connectivity index (χ3n) is 10.1. The summed E-state index contributed by atoms with van der Waals surface area (Å²) in [5.41, 5.74) is 15.7. The fourth-order valence-corrected chi connectivity index (χ4v) is 7.58. The summed E-state index contributed by atoms with van der Waals surface area (Å²) in [7, 11) is -2.42. The van der Waals surface area contributed by atoms with Crippen LogP contribution in [-0.4, -0.2) is 16.1 Å². The quantitative estimate of drug-likeness (QED) is 0.122. The number of rotatable bonds is 3. The van der Waals surface area contributed by atoms with Gasteiger partial charge in [0.2, 0.25) is 0 Å². The predicted octanol–water partition coefficient (Wildman–Crippen LogP) is 17.0. The van der Waals surface area contributed by atoms with Crippen LogP contribution in [0, 0.1) is 35.8 Å². The monoisotopic (exact) mass is 908 g/mol. The minimum atomic E-state index is -1.31. The molecule has 0 bridgehead atoms. The maximum absolute atomic E-state index is 5.38. The molecule has 0 aliphatic rings. The molecule has 0 atom stereocenters. The van der Waals surface area contributed by atoms with Gasteiger partial charge in [0.1, 0.15) is 16.1 Å². The molecular formula is C60H53BrSi2. The summed E-state index contributed by atoms with van der Waals surface area (Å²) in [4.78, 5) is 0. The predicted molar refractivity (Wildman–Crippen MR) is 286 cm³/mol. The van der Waals surface area contributed by atoms with Gasteiger partial charge in [0.05, 0.1) is 0 Å². The molecule has 0 fully saturated rings. The molecule has 0 aliphatic heterocycles. The summed E-state index contributed by atoms with van der Waals surface area (Å²) in [5, 5.41) is 7.70. The number of hydrogen-bond donors (Lipinski definition) is 0. The summed E-state index contributed by atoms with van der Waals surface area (Å²) in [6.45, 7) is 13.2. The molecule has 0 heterocycles. The third-order valence-corrected chi connectivity index (χ3v) is 12.4. The molecule has 0 unspecified atom stereocenters. The summed E-state index contributed by atoms with van der Waals surface area (Å²) < 4.78 is 1.11. The van der Waals surface area contributed by atoms with E-state index in [9.17, 15) is 0 Å². The minimum Gasteiger partial charge on any atom is -0.135 e. The van der Waals surface area contributed by atoms with Crippen molar-refractivity contribution < 1.29 is 0 Å². The summed E-state index contributed by atoms with van der Waals surface area (Å²) >= 11 is 3.47.